The minimum absolute atomic E-state index is 0.490. The summed E-state index contributed by atoms with van der Waals surface area (Å²) in [5.74, 6) is 0.758. The Bertz CT molecular complexity index is 933. The average Bonchev–Trinajstić information content (AvgIpc) is 3.32. The zero-order chi connectivity index (χ0) is 20.9. The number of fused-ring (bicyclic) bond motifs is 3. The summed E-state index contributed by atoms with van der Waals surface area (Å²) in [5, 5.41) is 5.87. The van der Waals surface area contributed by atoms with Crippen molar-refractivity contribution in [2.75, 3.05) is 31.6 Å². The predicted molar refractivity (Wildman–Crippen MR) is 131 cm³/mol. The number of nitrogens with one attached hydrogen (secondary N) is 1. The van der Waals surface area contributed by atoms with Gasteiger partial charge < -0.3 is 15.1 Å². The smallest absolute Gasteiger partial charge is 0.0491 e. The lowest BCUT2D eigenvalue weighted by molar-refractivity contribution is 0.0777. The van der Waals surface area contributed by atoms with Crippen LogP contribution in [-0.2, 0) is 0 Å². The van der Waals surface area contributed by atoms with E-state index in [2.05, 4.69) is 89.4 Å². The summed E-state index contributed by atoms with van der Waals surface area (Å²) < 4.78 is 0. The van der Waals surface area contributed by atoms with Crippen molar-refractivity contribution in [3.05, 3.63) is 90.6 Å². The summed E-state index contributed by atoms with van der Waals surface area (Å²) in [4.78, 5) is 6.04. The zero-order valence-electron chi connectivity index (χ0n) is 17.8. The van der Waals surface area contributed by atoms with Crippen LogP contribution < -0.4 is 10.2 Å². The van der Waals surface area contributed by atoms with Crippen LogP contribution in [0.4, 0.5) is 5.69 Å². The van der Waals surface area contributed by atoms with E-state index in [9.17, 15) is 0 Å². The van der Waals surface area contributed by atoms with Crippen molar-refractivity contribution in [3.63, 3.8) is 0 Å². The molecule has 2 bridgehead atoms. The molecule has 4 heteroatoms. The summed E-state index contributed by atoms with van der Waals surface area (Å²) in [6, 6.07) is 13.3. The van der Waals surface area contributed by atoms with Crippen LogP contribution in [0.5, 0.6) is 0 Å². The summed E-state index contributed by atoms with van der Waals surface area (Å²) in [6.45, 7) is 11.9. The molecule has 0 amide bonds. The molecule has 2 aromatic rings. The highest BCUT2D eigenvalue weighted by Crippen LogP contribution is 2.34. The highest BCUT2D eigenvalue weighted by atomic mass is 32.1. The largest absolute Gasteiger partial charge is 0.381 e. The fourth-order valence-electron chi connectivity index (χ4n) is 4.53. The maximum absolute atomic E-state index is 4.40. The molecule has 5 rings (SSSR count). The van der Waals surface area contributed by atoms with Gasteiger partial charge in [0.15, 0.2) is 0 Å². The van der Waals surface area contributed by atoms with Crippen molar-refractivity contribution in [1.82, 2.24) is 10.2 Å². The molecule has 3 saturated heterocycles. The number of allylic oxidation sites excluding steroid dienone is 3. The summed E-state index contributed by atoms with van der Waals surface area (Å²) in [5.41, 5.74) is 4.48. The molecular weight excluding hydrogens is 386 g/mol. The van der Waals surface area contributed by atoms with E-state index in [1.54, 1.807) is 11.3 Å². The van der Waals surface area contributed by atoms with Crippen molar-refractivity contribution < 1.29 is 0 Å². The molecule has 3 nitrogen and oxygen atoms in total. The van der Waals surface area contributed by atoms with Gasteiger partial charge in [-0.05, 0) is 49.4 Å². The third-order valence-corrected chi connectivity index (χ3v) is 7.08. The standard InChI is InChI=1S/C26H31N3S/c1-4-5-9-22(20(2)27-24-19-29-15-13-21(24)14-16-29)18-28(3)25-11-7-6-10-23(25)26-12-8-17-30-26/h4-12,17-18,21,24,27H,1-2,13-16,19H2,3H3/b9-5-,22-18+. The van der Waals surface area contributed by atoms with Crippen LogP contribution in [0.2, 0.25) is 0 Å². The van der Waals surface area contributed by atoms with Crippen molar-refractivity contribution in [2.45, 2.75) is 18.9 Å². The van der Waals surface area contributed by atoms with Crippen molar-refractivity contribution in [1.29, 1.82) is 0 Å². The molecule has 0 aliphatic carbocycles. The normalized spacial score (nSPS) is 23.5. The van der Waals surface area contributed by atoms with Gasteiger partial charge in [0.2, 0.25) is 0 Å². The lowest BCUT2D eigenvalue weighted by Gasteiger charge is -2.45. The van der Waals surface area contributed by atoms with Crippen LogP contribution >= 0.6 is 11.3 Å². The van der Waals surface area contributed by atoms with E-state index < -0.39 is 0 Å². The molecule has 3 fully saturated rings. The van der Waals surface area contributed by atoms with Crippen molar-refractivity contribution in [3.8, 4) is 10.4 Å². The molecule has 1 aromatic carbocycles. The molecule has 3 aliphatic heterocycles. The fourth-order valence-corrected chi connectivity index (χ4v) is 5.29. The van der Waals surface area contributed by atoms with E-state index in [0.717, 1.165) is 23.7 Å². The van der Waals surface area contributed by atoms with Gasteiger partial charge in [-0.3, -0.25) is 0 Å². The number of thiophene rings is 1. The van der Waals surface area contributed by atoms with Gasteiger partial charge in [-0.25, -0.2) is 0 Å². The first-order chi connectivity index (χ1) is 14.7. The topological polar surface area (TPSA) is 18.5 Å². The van der Waals surface area contributed by atoms with E-state index in [-0.39, 0.29) is 0 Å². The molecule has 156 valence electrons. The number of anilines is 1. The van der Waals surface area contributed by atoms with Crippen LogP contribution in [0.15, 0.2) is 90.6 Å². The monoisotopic (exact) mass is 417 g/mol. The van der Waals surface area contributed by atoms with Gasteiger partial charge in [0.25, 0.3) is 0 Å². The molecule has 3 aliphatic rings. The molecule has 30 heavy (non-hydrogen) atoms. The Hall–Kier alpha value is -2.56. The fraction of sp³-hybridized carbons (Fsp3) is 0.308. The molecule has 0 radical (unpaired) electrons. The number of nitrogens with zero attached hydrogens (tertiary/aromatic N) is 2. The molecule has 1 N–H and O–H groups in total. The third kappa shape index (κ3) is 4.61. The van der Waals surface area contributed by atoms with Crippen LogP contribution in [-0.4, -0.2) is 37.6 Å². The maximum atomic E-state index is 4.40. The minimum atomic E-state index is 0.490. The second-order valence-corrected chi connectivity index (χ2v) is 9.10. The number of rotatable bonds is 8. The van der Waals surface area contributed by atoms with Gasteiger partial charge in [-0.1, -0.05) is 55.7 Å². The molecular formula is C26H31N3S. The lowest BCUT2D eigenvalue weighted by atomic mass is 9.84. The first-order valence-electron chi connectivity index (χ1n) is 10.7. The van der Waals surface area contributed by atoms with Crippen LogP contribution in [0.1, 0.15) is 12.8 Å². The molecule has 4 heterocycles. The molecule has 1 aromatic heterocycles. The molecule has 1 unspecified atom stereocenters. The van der Waals surface area contributed by atoms with Crippen molar-refractivity contribution in [2.24, 2.45) is 5.92 Å². The lowest BCUT2D eigenvalue weighted by Crippen LogP contribution is -2.55. The summed E-state index contributed by atoms with van der Waals surface area (Å²) in [7, 11) is 2.11. The van der Waals surface area contributed by atoms with Gasteiger partial charge in [-0.2, -0.15) is 0 Å². The van der Waals surface area contributed by atoms with E-state index >= 15 is 0 Å². The predicted octanol–water partition coefficient (Wildman–Crippen LogP) is 5.67. The molecule has 0 spiro atoms. The van der Waals surface area contributed by atoms with Crippen LogP contribution in [0.25, 0.3) is 10.4 Å². The number of piperidine rings is 3. The van der Waals surface area contributed by atoms with Gasteiger partial charge in [0.05, 0.1) is 0 Å². The Morgan fingerprint density at radius 3 is 2.67 bits per heavy atom. The highest BCUT2D eigenvalue weighted by Gasteiger charge is 2.34. The summed E-state index contributed by atoms with van der Waals surface area (Å²) in [6.07, 6.45) is 10.6. The second kappa shape index (κ2) is 9.50. The second-order valence-electron chi connectivity index (χ2n) is 8.15. The van der Waals surface area contributed by atoms with Gasteiger partial charge in [0.1, 0.15) is 0 Å². The molecule has 0 saturated carbocycles. The Labute approximate surface area is 184 Å². The Morgan fingerprint density at radius 1 is 1.20 bits per heavy atom. The zero-order valence-corrected chi connectivity index (χ0v) is 18.6. The van der Waals surface area contributed by atoms with Gasteiger partial charge in [-0.15, -0.1) is 11.3 Å². The van der Waals surface area contributed by atoms with E-state index in [4.69, 9.17) is 0 Å². The van der Waals surface area contributed by atoms with Gasteiger partial charge >= 0.3 is 0 Å². The van der Waals surface area contributed by atoms with Crippen LogP contribution in [0, 0.1) is 5.92 Å². The summed E-state index contributed by atoms with van der Waals surface area (Å²) >= 11 is 1.77. The maximum Gasteiger partial charge on any atom is 0.0491 e. The van der Waals surface area contributed by atoms with Crippen molar-refractivity contribution >= 4 is 17.0 Å². The first kappa shape index (κ1) is 20.7. The SMILES string of the molecule is C=C/C=C\C(=C/N(C)c1ccccc1-c1cccs1)C(=C)NC1CN2CCC1CC2. The van der Waals surface area contributed by atoms with E-state index in [1.807, 2.05) is 12.2 Å². The minimum Gasteiger partial charge on any atom is -0.381 e. The number of para-hydroxylation sites is 1. The Kier molecular flexibility index (Phi) is 6.56. The number of hydrogen-bond donors (Lipinski definition) is 1. The van der Waals surface area contributed by atoms with Gasteiger partial charge in [0, 0.05) is 53.2 Å². The van der Waals surface area contributed by atoms with Crippen LogP contribution in [0.3, 0.4) is 0 Å². The Balaban J connectivity index is 1.57. The highest BCUT2D eigenvalue weighted by molar-refractivity contribution is 7.13. The quantitative estimate of drug-likeness (QED) is 0.558. The average molecular weight is 418 g/mol. The Morgan fingerprint density at radius 2 is 2.00 bits per heavy atom. The van der Waals surface area contributed by atoms with E-state index in [0.29, 0.717) is 6.04 Å². The molecule has 1 atom stereocenters. The van der Waals surface area contributed by atoms with E-state index in [1.165, 1.54) is 42.1 Å². The first-order valence-corrected chi connectivity index (χ1v) is 11.6. The number of hydrogen-bond acceptors (Lipinski definition) is 4. The number of benzene rings is 1. The third-order valence-electron chi connectivity index (χ3n) is 6.18.